The summed E-state index contributed by atoms with van der Waals surface area (Å²) in [6.07, 6.45) is 3.82. The molecule has 0 aliphatic carbocycles. The number of rotatable bonds is 7. The number of nitrogens with zero attached hydrogens (tertiary/aromatic N) is 3. The highest BCUT2D eigenvalue weighted by molar-refractivity contribution is 6.31. The monoisotopic (exact) mass is 412 g/mol. The predicted octanol–water partition coefficient (Wildman–Crippen LogP) is 4.18. The minimum atomic E-state index is 0.0889. The minimum absolute atomic E-state index is 0.0889. The zero-order valence-electron chi connectivity index (χ0n) is 16.3. The highest BCUT2D eigenvalue weighted by atomic mass is 35.5. The topological polar surface area (TPSA) is 71.3 Å². The van der Waals surface area contributed by atoms with Gasteiger partial charge in [-0.25, -0.2) is 4.63 Å². The zero-order chi connectivity index (χ0) is 20.1. The van der Waals surface area contributed by atoms with Crippen molar-refractivity contribution in [3.05, 3.63) is 58.6 Å². The van der Waals surface area contributed by atoms with Crippen LogP contribution < -0.4 is 5.32 Å². The first-order valence-electron chi connectivity index (χ1n) is 10.1. The SMILES string of the molecule is O=C(CCC1CCCN(Cc2ccc3nonc3c2)C1)NCc1ccccc1Cl. The third-order valence-corrected chi connectivity index (χ3v) is 5.91. The van der Waals surface area contributed by atoms with Crippen molar-refractivity contribution in [2.75, 3.05) is 13.1 Å². The molecule has 1 N–H and O–H groups in total. The van der Waals surface area contributed by atoms with E-state index in [0.717, 1.165) is 42.7 Å². The van der Waals surface area contributed by atoms with Gasteiger partial charge in [0.1, 0.15) is 11.0 Å². The van der Waals surface area contributed by atoms with Crippen molar-refractivity contribution in [3.8, 4) is 0 Å². The molecule has 1 aliphatic rings. The molecule has 1 aromatic heterocycles. The van der Waals surface area contributed by atoms with Crippen molar-refractivity contribution in [2.45, 2.75) is 38.8 Å². The van der Waals surface area contributed by atoms with Crippen LogP contribution in [0.15, 0.2) is 47.1 Å². The minimum Gasteiger partial charge on any atom is -0.352 e. The van der Waals surface area contributed by atoms with E-state index in [-0.39, 0.29) is 5.91 Å². The van der Waals surface area contributed by atoms with Gasteiger partial charge in [-0.05, 0) is 71.4 Å². The number of piperidine rings is 1. The lowest BCUT2D eigenvalue weighted by atomic mass is 9.93. The van der Waals surface area contributed by atoms with Crippen LogP contribution in [0.25, 0.3) is 11.0 Å². The molecule has 3 aromatic rings. The van der Waals surface area contributed by atoms with Crippen LogP contribution >= 0.6 is 11.6 Å². The Labute approximate surface area is 175 Å². The quantitative estimate of drug-likeness (QED) is 0.630. The van der Waals surface area contributed by atoms with Gasteiger partial charge in [0.05, 0.1) is 0 Å². The fourth-order valence-corrected chi connectivity index (χ4v) is 4.18. The third kappa shape index (κ3) is 5.34. The Hall–Kier alpha value is -2.44. The number of nitrogens with one attached hydrogen (secondary N) is 1. The highest BCUT2D eigenvalue weighted by Gasteiger charge is 2.21. The number of hydrogen-bond acceptors (Lipinski definition) is 5. The number of fused-ring (bicyclic) bond motifs is 1. The molecule has 6 nitrogen and oxygen atoms in total. The molecule has 1 atom stereocenters. The summed E-state index contributed by atoms with van der Waals surface area (Å²) in [6, 6.07) is 13.7. The lowest BCUT2D eigenvalue weighted by molar-refractivity contribution is -0.121. The molecule has 1 fully saturated rings. The van der Waals surface area contributed by atoms with E-state index in [1.165, 1.54) is 18.4 Å². The molecule has 0 radical (unpaired) electrons. The molecule has 0 bridgehead atoms. The van der Waals surface area contributed by atoms with E-state index in [1.54, 1.807) is 0 Å². The first-order chi connectivity index (χ1) is 14.2. The number of benzene rings is 2. The largest absolute Gasteiger partial charge is 0.352 e. The number of hydrogen-bond donors (Lipinski definition) is 1. The lowest BCUT2D eigenvalue weighted by Crippen LogP contribution is -2.35. The molecule has 0 saturated carbocycles. The Morgan fingerprint density at radius 3 is 2.97 bits per heavy atom. The average Bonchev–Trinajstić information content (AvgIpc) is 3.20. The summed E-state index contributed by atoms with van der Waals surface area (Å²) in [6.45, 7) is 3.48. The molecule has 4 rings (SSSR count). The highest BCUT2D eigenvalue weighted by Crippen LogP contribution is 2.23. The van der Waals surface area contributed by atoms with E-state index in [1.807, 2.05) is 36.4 Å². The molecule has 29 heavy (non-hydrogen) atoms. The summed E-state index contributed by atoms with van der Waals surface area (Å²) in [7, 11) is 0. The van der Waals surface area contributed by atoms with Crippen molar-refractivity contribution in [2.24, 2.45) is 5.92 Å². The average molecular weight is 413 g/mol. The molecule has 1 amide bonds. The van der Waals surface area contributed by atoms with Crippen LogP contribution in [0.1, 0.15) is 36.8 Å². The van der Waals surface area contributed by atoms with Crippen LogP contribution in [-0.4, -0.2) is 34.2 Å². The molecule has 2 heterocycles. The molecule has 1 aliphatic heterocycles. The van der Waals surface area contributed by atoms with Crippen LogP contribution in [0.4, 0.5) is 0 Å². The first-order valence-corrected chi connectivity index (χ1v) is 10.5. The molecule has 1 unspecified atom stereocenters. The van der Waals surface area contributed by atoms with Crippen molar-refractivity contribution in [1.29, 1.82) is 0 Å². The van der Waals surface area contributed by atoms with Gasteiger partial charge in [0, 0.05) is 31.1 Å². The second-order valence-electron chi connectivity index (χ2n) is 7.74. The Morgan fingerprint density at radius 1 is 1.21 bits per heavy atom. The van der Waals surface area contributed by atoms with E-state index in [2.05, 4.69) is 26.6 Å². The van der Waals surface area contributed by atoms with Gasteiger partial charge in [-0.1, -0.05) is 35.9 Å². The van der Waals surface area contributed by atoms with Gasteiger partial charge >= 0.3 is 0 Å². The summed E-state index contributed by atoms with van der Waals surface area (Å²) in [4.78, 5) is 14.7. The van der Waals surface area contributed by atoms with Crippen molar-refractivity contribution in [1.82, 2.24) is 20.5 Å². The summed E-state index contributed by atoms with van der Waals surface area (Å²) in [5, 5.41) is 11.5. The van der Waals surface area contributed by atoms with Gasteiger partial charge in [-0.2, -0.15) is 0 Å². The van der Waals surface area contributed by atoms with E-state index >= 15 is 0 Å². The van der Waals surface area contributed by atoms with Crippen LogP contribution in [0.5, 0.6) is 0 Å². The number of carbonyl (C=O) groups is 1. The summed E-state index contributed by atoms with van der Waals surface area (Å²) >= 11 is 6.15. The number of likely N-dealkylation sites (tertiary alicyclic amines) is 1. The summed E-state index contributed by atoms with van der Waals surface area (Å²) in [5.74, 6) is 0.637. The predicted molar refractivity (Wildman–Crippen MR) is 112 cm³/mol. The van der Waals surface area contributed by atoms with Crippen molar-refractivity contribution >= 4 is 28.5 Å². The lowest BCUT2D eigenvalue weighted by Gasteiger charge is -2.32. The molecule has 0 spiro atoms. The molecule has 2 aromatic carbocycles. The molecule has 7 heteroatoms. The van der Waals surface area contributed by atoms with Crippen LogP contribution in [0, 0.1) is 5.92 Å². The summed E-state index contributed by atoms with van der Waals surface area (Å²) in [5.41, 5.74) is 3.75. The van der Waals surface area contributed by atoms with Crippen molar-refractivity contribution in [3.63, 3.8) is 0 Å². The Bertz CT molecular complexity index is 974. The molecular formula is C22H25ClN4O2. The Morgan fingerprint density at radius 2 is 2.07 bits per heavy atom. The van der Waals surface area contributed by atoms with Gasteiger partial charge in [-0.3, -0.25) is 9.69 Å². The zero-order valence-corrected chi connectivity index (χ0v) is 17.1. The fourth-order valence-electron chi connectivity index (χ4n) is 3.97. The van der Waals surface area contributed by atoms with Crippen LogP contribution in [0.2, 0.25) is 5.02 Å². The maximum atomic E-state index is 12.3. The molecular weight excluding hydrogens is 388 g/mol. The van der Waals surface area contributed by atoms with Gasteiger partial charge in [-0.15, -0.1) is 0 Å². The normalized spacial score (nSPS) is 17.5. The Kier molecular flexibility index (Phi) is 6.42. The standard InChI is InChI=1S/C22H25ClN4O2/c23-19-6-2-1-5-18(19)13-24-22(28)10-8-16-4-3-11-27(14-16)15-17-7-9-20-21(12-17)26-29-25-20/h1-2,5-7,9,12,16H,3-4,8,10-11,13-15H2,(H,24,28). The van der Waals surface area contributed by atoms with Crippen LogP contribution in [-0.2, 0) is 17.9 Å². The maximum absolute atomic E-state index is 12.3. The second-order valence-corrected chi connectivity index (χ2v) is 8.14. The Balaban J connectivity index is 1.23. The number of carbonyl (C=O) groups excluding carboxylic acids is 1. The number of halogens is 1. The maximum Gasteiger partial charge on any atom is 0.220 e. The van der Waals surface area contributed by atoms with Crippen LogP contribution in [0.3, 0.4) is 0 Å². The number of amides is 1. The van der Waals surface area contributed by atoms with Crippen molar-refractivity contribution < 1.29 is 9.42 Å². The van der Waals surface area contributed by atoms with Gasteiger partial charge in [0.15, 0.2) is 0 Å². The van der Waals surface area contributed by atoms with Gasteiger partial charge in [0.25, 0.3) is 0 Å². The summed E-state index contributed by atoms with van der Waals surface area (Å²) < 4.78 is 4.78. The molecule has 1 saturated heterocycles. The molecule has 152 valence electrons. The van der Waals surface area contributed by atoms with E-state index in [9.17, 15) is 4.79 Å². The van der Waals surface area contributed by atoms with E-state index in [0.29, 0.717) is 23.9 Å². The fraction of sp³-hybridized carbons (Fsp3) is 0.409. The van der Waals surface area contributed by atoms with Gasteiger partial charge < -0.3 is 5.32 Å². The number of aromatic nitrogens is 2. The first kappa shape index (κ1) is 19.9. The third-order valence-electron chi connectivity index (χ3n) is 5.54. The van der Waals surface area contributed by atoms with E-state index < -0.39 is 0 Å². The van der Waals surface area contributed by atoms with Gasteiger partial charge in [0.2, 0.25) is 5.91 Å². The second kappa shape index (κ2) is 9.37. The van der Waals surface area contributed by atoms with E-state index in [4.69, 9.17) is 16.2 Å². The smallest absolute Gasteiger partial charge is 0.220 e.